The van der Waals surface area contributed by atoms with Crippen LogP contribution in [0.25, 0.3) is 6.08 Å². The lowest BCUT2D eigenvalue weighted by molar-refractivity contribution is -0.127. The summed E-state index contributed by atoms with van der Waals surface area (Å²) >= 11 is 1.37. The fourth-order valence-corrected chi connectivity index (χ4v) is 5.42. The molecule has 3 heterocycles. The van der Waals surface area contributed by atoms with Crippen molar-refractivity contribution in [3.05, 3.63) is 107 Å². The van der Waals surface area contributed by atoms with Crippen LogP contribution >= 0.6 is 11.8 Å². The van der Waals surface area contributed by atoms with Crippen LogP contribution in [-0.2, 0) is 4.79 Å². The first-order valence-corrected chi connectivity index (χ1v) is 11.0. The Labute approximate surface area is 184 Å². The van der Waals surface area contributed by atoms with Gasteiger partial charge in [0, 0.05) is 12.0 Å². The van der Waals surface area contributed by atoms with Crippen LogP contribution in [-0.4, -0.2) is 21.8 Å². The average Bonchev–Trinajstić information content (AvgIpc) is 3.39. The number of benzene rings is 3. The van der Waals surface area contributed by atoms with Gasteiger partial charge in [-0.25, -0.2) is 5.01 Å². The van der Waals surface area contributed by atoms with Crippen molar-refractivity contribution in [1.82, 2.24) is 10.3 Å². The molecule has 0 aromatic heterocycles. The number of thioether (sulfide) groups is 1. The first-order chi connectivity index (χ1) is 15.2. The lowest BCUT2D eigenvalue weighted by Gasteiger charge is -2.43. The molecule has 2 atom stereocenters. The molecule has 0 bridgehead atoms. The number of hydrogen-bond donors (Lipinski definition) is 1. The lowest BCUT2D eigenvalue weighted by atomic mass is 9.97. The molecule has 31 heavy (non-hydrogen) atoms. The fraction of sp³-hybridized carbons (Fsp3) is 0.120. The largest absolute Gasteiger partial charge is 0.439 e. The molecule has 152 valence electrons. The van der Waals surface area contributed by atoms with Gasteiger partial charge >= 0.3 is 5.18 Å². The summed E-state index contributed by atoms with van der Waals surface area (Å²) < 4.78 is 6.43. The average molecular weight is 426 g/mol. The minimum atomic E-state index is -1.10. The number of ether oxygens (including phenoxy) is 1. The Bertz CT molecular complexity index is 1230. The molecule has 3 aliphatic heterocycles. The van der Waals surface area contributed by atoms with Gasteiger partial charge in [0.15, 0.2) is 0 Å². The van der Waals surface area contributed by atoms with Gasteiger partial charge in [0.2, 0.25) is 0 Å². The minimum absolute atomic E-state index is 0.0102. The highest BCUT2D eigenvalue weighted by molar-refractivity contribution is 8.05. The number of para-hydroxylation sites is 1. The van der Waals surface area contributed by atoms with Gasteiger partial charge < -0.3 is 4.74 Å². The fourth-order valence-electron chi connectivity index (χ4n) is 4.25. The van der Waals surface area contributed by atoms with Crippen molar-refractivity contribution < 1.29 is 9.53 Å². The highest BCUT2D eigenvalue weighted by Crippen LogP contribution is 2.53. The minimum Gasteiger partial charge on any atom is -0.439 e. The zero-order chi connectivity index (χ0) is 20.8. The van der Waals surface area contributed by atoms with Crippen LogP contribution in [0.5, 0.6) is 5.75 Å². The van der Waals surface area contributed by atoms with Crippen molar-refractivity contribution in [2.75, 3.05) is 0 Å². The van der Waals surface area contributed by atoms with Crippen molar-refractivity contribution >= 4 is 29.5 Å². The molecule has 6 heteroatoms. The number of fused-ring (bicyclic) bond motifs is 4. The van der Waals surface area contributed by atoms with E-state index >= 15 is 0 Å². The van der Waals surface area contributed by atoms with Gasteiger partial charge in [0.05, 0.1) is 16.7 Å². The third kappa shape index (κ3) is 3.02. The van der Waals surface area contributed by atoms with Gasteiger partial charge in [0.1, 0.15) is 5.75 Å². The van der Waals surface area contributed by atoms with E-state index in [1.54, 1.807) is 0 Å². The Balaban J connectivity index is 1.43. The number of amides is 1. The van der Waals surface area contributed by atoms with Crippen molar-refractivity contribution in [2.24, 2.45) is 5.10 Å². The van der Waals surface area contributed by atoms with Gasteiger partial charge in [-0.05, 0) is 35.0 Å². The number of carbonyl (C=O) groups is 1. The van der Waals surface area contributed by atoms with Gasteiger partial charge in [-0.1, -0.05) is 78.9 Å². The predicted molar refractivity (Wildman–Crippen MR) is 122 cm³/mol. The highest BCUT2D eigenvalue weighted by Gasteiger charge is 2.57. The second-order valence-corrected chi connectivity index (χ2v) is 8.87. The van der Waals surface area contributed by atoms with Crippen LogP contribution in [0.1, 0.15) is 29.2 Å². The molecule has 1 spiro atoms. The first kappa shape index (κ1) is 18.3. The van der Waals surface area contributed by atoms with Gasteiger partial charge in [-0.15, -0.1) is 0 Å². The maximum absolute atomic E-state index is 12.9. The van der Waals surface area contributed by atoms with Crippen LogP contribution in [0.2, 0.25) is 0 Å². The SMILES string of the molecule is O=C1N[C@]2(Oc3ccccc3[C@@H]3CC(c4ccccc4)=NN32)S/C1=C\c1ccccc1. The monoisotopic (exact) mass is 425 g/mol. The molecule has 0 saturated carbocycles. The van der Waals surface area contributed by atoms with Gasteiger partial charge in [0.25, 0.3) is 5.91 Å². The molecule has 0 unspecified atom stereocenters. The van der Waals surface area contributed by atoms with E-state index in [-0.39, 0.29) is 11.9 Å². The van der Waals surface area contributed by atoms with E-state index in [1.807, 2.05) is 77.8 Å². The topological polar surface area (TPSA) is 53.9 Å². The van der Waals surface area contributed by atoms with Crippen LogP contribution in [0.3, 0.4) is 0 Å². The lowest BCUT2D eigenvalue weighted by Crippen LogP contribution is -2.58. The van der Waals surface area contributed by atoms with Crippen molar-refractivity contribution in [3.8, 4) is 5.75 Å². The molecule has 1 fully saturated rings. The standard InChI is InChI=1S/C25H19N3O2S/c29-24-23(15-17-9-3-1-4-10-17)31-25(26-24)28-21(19-13-7-8-14-22(19)30-25)16-20(27-28)18-11-5-2-6-12-18/h1-15,21H,16H2,(H,26,29)/b23-15-/t21-,25-/m0/s1. The number of nitrogens with zero attached hydrogens (tertiary/aromatic N) is 2. The first-order valence-electron chi connectivity index (χ1n) is 10.2. The smallest absolute Gasteiger partial charge is 0.336 e. The summed E-state index contributed by atoms with van der Waals surface area (Å²) in [5.74, 6) is 0.623. The van der Waals surface area contributed by atoms with Gasteiger partial charge in [-0.3, -0.25) is 10.1 Å². The molecule has 0 aliphatic carbocycles. The normalized spacial score (nSPS) is 25.1. The van der Waals surface area contributed by atoms with Crippen LogP contribution in [0.4, 0.5) is 0 Å². The van der Waals surface area contributed by atoms with E-state index in [4.69, 9.17) is 9.84 Å². The summed E-state index contributed by atoms with van der Waals surface area (Å²) in [7, 11) is 0. The molecule has 6 rings (SSSR count). The number of hydrogen-bond acceptors (Lipinski definition) is 5. The molecule has 3 aromatic carbocycles. The summed E-state index contributed by atoms with van der Waals surface area (Å²) in [5, 5.41) is 8.85. The summed E-state index contributed by atoms with van der Waals surface area (Å²) in [6.45, 7) is 0. The second-order valence-electron chi connectivity index (χ2n) is 7.67. The molecule has 0 radical (unpaired) electrons. The van der Waals surface area contributed by atoms with Crippen molar-refractivity contribution in [3.63, 3.8) is 0 Å². The van der Waals surface area contributed by atoms with Crippen LogP contribution in [0.15, 0.2) is 94.9 Å². The predicted octanol–water partition coefficient (Wildman–Crippen LogP) is 4.75. The quantitative estimate of drug-likeness (QED) is 0.603. The molecule has 3 aliphatic rings. The summed E-state index contributed by atoms with van der Waals surface area (Å²) in [4.78, 5) is 13.6. The maximum atomic E-state index is 12.9. The second kappa shape index (κ2) is 7.03. The Morgan fingerprint density at radius 1 is 1.00 bits per heavy atom. The highest BCUT2D eigenvalue weighted by atomic mass is 32.2. The Morgan fingerprint density at radius 3 is 2.52 bits per heavy atom. The molecular formula is C25H19N3O2S. The number of rotatable bonds is 2. The van der Waals surface area contributed by atoms with E-state index in [2.05, 4.69) is 23.5 Å². The van der Waals surface area contributed by atoms with E-state index in [0.29, 0.717) is 4.91 Å². The van der Waals surface area contributed by atoms with Crippen molar-refractivity contribution in [2.45, 2.75) is 17.6 Å². The molecule has 1 N–H and O–H groups in total. The third-order valence-corrected chi connectivity index (χ3v) is 6.86. The zero-order valence-electron chi connectivity index (χ0n) is 16.6. The van der Waals surface area contributed by atoms with E-state index in [9.17, 15) is 4.79 Å². The van der Waals surface area contributed by atoms with E-state index in [1.165, 1.54) is 11.8 Å². The Kier molecular flexibility index (Phi) is 4.14. The third-order valence-electron chi connectivity index (χ3n) is 5.69. The Morgan fingerprint density at radius 2 is 1.71 bits per heavy atom. The number of nitrogens with one attached hydrogen (secondary N) is 1. The zero-order valence-corrected chi connectivity index (χ0v) is 17.4. The van der Waals surface area contributed by atoms with Crippen molar-refractivity contribution in [1.29, 1.82) is 0 Å². The van der Waals surface area contributed by atoms with Crippen LogP contribution < -0.4 is 10.1 Å². The molecule has 1 amide bonds. The maximum Gasteiger partial charge on any atom is 0.336 e. The molecular weight excluding hydrogens is 406 g/mol. The number of carbonyl (C=O) groups excluding carboxylic acids is 1. The van der Waals surface area contributed by atoms with Crippen LogP contribution in [0, 0.1) is 0 Å². The van der Waals surface area contributed by atoms with E-state index < -0.39 is 5.18 Å². The summed E-state index contributed by atoms with van der Waals surface area (Å²) in [5.41, 5.74) is 4.12. The number of hydrazone groups is 1. The van der Waals surface area contributed by atoms with E-state index in [0.717, 1.165) is 34.6 Å². The van der Waals surface area contributed by atoms with Gasteiger partial charge in [-0.2, -0.15) is 5.10 Å². The Hall–Kier alpha value is -3.51. The summed E-state index contributed by atoms with van der Waals surface area (Å²) in [6, 6.07) is 28.0. The molecule has 5 nitrogen and oxygen atoms in total. The molecule has 1 saturated heterocycles. The molecule has 3 aromatic rings. The summed E-state index contributed by atoms with van der Waals surface area (Å²) in [6.07, 6.45) is 2.64.